The molecule has 0 rings (SSSR count). The molecule has 0 bridgehead atoms. The van der Waals surface area contributed by atoms with Crippen molar-refractivity contribution < 1.29 is 14.3 Å². The Balaban J connectivity index is 3.19. The Hall–Kier alpha value is -0.860. The van der Waals surface area contributed by atoms with Gasteiger partial charge in [-0.15, -0.1) is 11.6 Å². The topological polar surface area (TPSA) is 55.7 Å². The molecule has 0 spiro atoms. The highest BCUT2D eigenvalue weighted by atomic mass is 35.5. The fraction of sp³-hybridized carbons (Fsp3) is 0.714. The van der Waals surface area contributed by atoms with Crippen LogP contribution in [0.1, 0.15) is 12.8 Å². The maximum Gasteiger partial charge on any atom is 0.306 e. The van der Waals surface area contributed by atoms with E-state index < -0.39 is 0 Å². The molecule has 0 aliphatic carbocycles. The number of ether oxygens (including phenoxy) is 1. The molecule has 0 amide bonds. The van der Waals surface area contributed by atoms with E-state index in [-0.39, 0.29) is 24.9 Å². The lowest BCUT2D eigenvalue weighted by Crippen LogP contribution is -2.06. The second-order valence-electron chi connectivity index (χ2n) is 1.99. The van der Waals surface area contributed by atoms with Gasteiger partial charge in [-0.3, -0.25) is 4.79 Å². The number of alkyl halides is 1. The van der Waals surface area contributed by atoms with Crippen LogP contribution < -0.4 is 0 Å². The van der Waals surface area contributed by atoms with E-state index >= 15 is 0 Å². The average Bonchev–Trinajstić information content (AvgIpc) is 2.05. The van der Waals surface area contributed by atoms with Crippen molar-refractivity contribution in [2.45, 2.75) is 12.8 Å². The van der Waals surface area contributed by atoms with Crippen LogP contribution >= 0.6 is 11.6 Å². The van der Waals surface area contributed by atoms with Crippen molar-refractivity contribution in [1.29, 1.82) is 0 Å². The molecule has 5 heteroatoms. The molecule has 68 valence electrons. The molecule has 0 saturated heterocycles. The second-order valence-corrected chi connectivity index (χ2v) is 2.36. The number of carbonyl (C=O) groups is 1. The van der Waals surface area contributed by atoms with Gasteiger partial charge >= 0.3 is 5.97 Å². The molecule has 0 unspecified atom stereocenters. The van der Waals surface area contributed by atoms with Gasteiger partial charge in [0, 0.05) is 12.3 Å². The maximum absolute atomic E-state index is 10.7. The predicted molar refractivity (Wildman–Crippen MR) is 43.9 cm³/mol. The highest BCUT2D eigenvalue weighted by molar-refractivity contribution is 6.18. The number of hydrogen-bond donors (Lipinski definition) is 0. The Kier molecular flexibility index (Phi) is 7.65. The molecule has 0 fully saturated rings. The van der Waals surface area contributed by atoms with Crippen molar-refractivity contribution in [3.63, 3.8) is 0 Å². The number of isocyanates is 1. The molecule has 0 radical (unpaired) electrons. The van der Waals surface area contributed by atoms with Gasteiger partial charge in [0.15, 0.2) is 0 Å². The number of hydrogen-bond acceptors (Lipinski definition) is 4. The smallest absolute Gasteiger partial charge is 0.306 e. The number of rotatable bonds is 6. The van der Waals surface area contributed by atoms with Gasteiger partial charge in [-0.25, -0.2) is 9.79 Å². The standard InChI is InChI=1S/C7H10ClNO3/c8-3-2-7(11)12-5-1-4-9-6-10/h1-5H2. The van der Waals surface area contributed by atoms with E-state index in [9.17, 15) is 9.59 Å². The van der Waals surface area contributed by atoms with Crippen LogP contribution in [0.5, 0.6) is 0 Å². The zero-order chi connectivity index (χ0) is 9.23. The number of aliphatic imine (C=N–C) groups is 1. The van der Waals surface area contributed by atoms with Gasteiger partial charge in [-0.2, -0.15) is 0 Å². The van der Waals surface area contributed by atoms with Crippen molar-refractivity contribution in [1.82, 2.24) is 0 Å². The van der Waals surface area contributed by atoms with Crippen LogP contribution in [0.15, 0.2) is 4.99 Å². The zero-order valence-electron chi connectivity index (χ0n) is 6.59. The molecule has 4 nitrogen and oxygen atoms in total. The summed E-state index contributed by atoms with van der Waals surface area (Å²) < 4.78 is 4.72. The SMILES string of the molecule is O=C=NCCCOC(=O)CCCl. The van der Waals surface area contributed by atoms with Gasteiger partial charge in [0.25, 0.3) is 0 Å². The lowest BCUT2D eigenvalue weighted by atomic mass is 10.4. The Labute approximate surface area is 75.6 Å². The van der Waals surface area contributed by atoms with E-state index in [2.05, 4.69) is 4.99 Å². The third-order valence-corrected chi connectivity index (χ3v) is 1.23. The van der Waals surface area contributed by atoms with Crippen LogP contribution in [-0.4, -0.2) is 31.1 Å². The third-order valence-electron chi connectivity index (χ3n) is 1.04. The van der Waals surface area contributed by atoms with Crippen LogP contribution in [0.3, 0.4) is 0 Å². The molecule has 0 aromatic carbocycles. The number of carbonyl (C=O) groups excluding carboxylic acids is 2. The first-order valence-corrected chi connectivity index (χ1v) is 4.10. The lowest BCUT2D eigenvalue weighted by Gasteiger charge is -2.00. The summed E-state index contributed by atoms with van der Waals surface area (Å²) in [6.45, 7) is 0.624. The molecule has 0 atom stereocenters. The van der Waals surface area contributed by atoms with E-state index in [0.717, 1.165) is 0 Å². The summed E-state index contributed by atoms with van der Waals surface area (Å²) in [6, 6.07) is 0. The first-order valence-electron chi connectivity index (χ1n) is 3.56. The minimum absolute atomic E-state index is 0.221. The number of esters is 1. The summed E-state index contributed by atoms with van der Waals surface area (Å²) in [5.41, 5.74) is 0. The molecular formula is C7H10ClNO3. The van der Waals surface area contributed by atoms with Gasteiger partial charge in [0.1, 0.15) is 0 Å². The lowest BCUT2D eigenvalue weighted by molar-refractivity contribution is -0.143. The van der Waals surface area contributed by atoms with Crippen molar-refractivity contribution in [2.24, 2.45) is 4.99 Å². The van der Waals surface area contributed by atoms with E-state index in [0.29, 0.717) is 13.0 Å². The summed E-state index contributed by atoms with van der Waals surface area (Å²) >= 11 is 5.29. The van der Waals surface area contributed by atoms with Crippen LogP contribution in [-0.2, 0) is 14.3 Å². The molecule has 0 aromatic heterocycles. The predicted octanol–water partition coefficient (Wildman–Crippen LogP) is 0.884. The van der Waals surface area contributed by atoms with E-state index in [1.807, 2.05) is 0 Å². The number of nitrogens with zero attached hydrogens (tertiary/aromatic N) is 1. The van der Waals surface area contributed by atoms with E-state index in [1.165, 1.54) is 6.08 Å². The average molecular weight is 192 g/mol. The van der Waals surface area contributed by atoms with E-state index in [4.69, 9.17) is 16.3 Å². The summed E-state index contributed by atoms with van der Waals surface area (Å²) in [7, 11) is 0. The highest BCUT2D eigenvalue weighted by Crippen LogP contribution is 1.91. The monoisotopic (exact) mass is 191 g/mol. The zero-order valence-corrected chi connectivity index (χ0v) is 7.34. The fourth-order valence-electron chi connectivity index (χ4n) is 0.525. The van der Waals surface area contributed by atoms with Gasteiger partial charge in [0.05, 0.1) is 19.6 Å². The molecular weight excluding hydrogens is 182 g/mol. The van der Waals surface area contributed by atoms with Crippen molar-refractivity contribution in [3.8, 4) is 0 Å². The Morgan fingerprint density at radius 2 is 2.33 bits per heavy atom. The third kappa shape index (κ3) is 7.25. The van der Waals surface area contributed by atoms with Crippen molar-refractivity contribution >= 4 is 23.7 Å². The van der Waals surface area contributed by atoms with Gasteiger partial charge < -0.3 is 4.74 Å². The van der Waals surface area contributed by atoms with Gasteiger partial charge in [-0.05, 0) is 0 Å². The van der Waals surface area contributed by atoms with Crippen molar-refractivity contribution in [3.05, 3.63) is 0 Å². The summed E-state index contributed by atoms with van der Waals surface area (Å²) in [5.74, 6) is -0.0502. The summed E-state index contributed by atoms with van der Waals surface area (Å²) in [5, 5.41) is 0. The van der Waals surface area contributed by atoms with Crippen molar-refractivity contribution in [2.75, 3.05) is 19.0 Å². The molecule has 0 aromatic rings. The first-order chi connectivity index (χ1) is 5.81. The Morgan fingerprint density at radius 1 is 1.58 bits per heavy atom. The Bertz CT molecular complexity index is 177. The summed E-state index contributed by atoms with van der Waals surface area (Å²) in [6.07, 6.45) is 2.16. The number of halogens is 1. The molecule has 0 N–H and O–H groups in total. The van der Waals surface area contributed by atoms with Crippen LogP contribution in [0, 0.1) is 0 Å². The normalized spacial score (nSPS) is 8.75. The fourth-order valence-corrected chi connectivity index (χ4v) is 0.679. The van der Waals surface area contributed by atoms with Gasteiger partial charge in [0.2, 0.25) is 6.08 Å². The summed E-state index contributed by atoms with van der Waals surface area (Å²) in [4.78, 5) is 23.5. The minimum Gasteiger partial charge on any atom is -0.466 e. The minimum atomic E-state index is -0.319. The molecule has 0 saturated carbocycles. The van der Waals surface area contributed by atoms with Gasteiger partial charge in [-0.1, -0.05) is 0 Å². The second kappa shape index (κ2) is 8.24. The molecule has 12 heavy (non-hydrogen) atoms. The largest absolute Gasteiger partial charge is 0.466 e. The Morgan fingerprint density at radius 3 is 2.92 bits per heavy atom. The molecule has 0 aliphatic heterocycles. The molecule has 0 aliphatic rings. The van der Waals surface area contributed by atoms with Crippen LogP contribution in [0.4, 0.5) is 0 Å². The maximum atomic E-state index is 10.7. The van der Waals surface area contributed by atoms with Crippen LogP contribution in [0.25, 0.3) is 0 Å². The highest BCUT2D eigenvalue weighted by Gasteiger charge is 1.99. The van der Waals surface area contributed by atoms with Crippen LogP contribution in [0.2, 0.25) is 0 Å². The van der Waals surface area contributed by atoms with E-state index in [1.54, 1.807) is 0 Å². The molecule has 0 heterocycles. The first kappa shape index (κ1) is 11.1. The quantitative estimate of drug-likeness (QED) is 0.206.